The second-order valence-electron chi connectivity index (χ2n) is 15.0. The van der Waals surface area contributed by atoms with Gasteiger partial charge in [-0.05, 0) is 91.0 Å². The van der Waals surface area contributed by atoms with Crippen LogP contribution in [0.25, 0.3) is 22.5 Å². The number of hydrogen-bond donors (Lipinski definition) is 2. The van der Waals surface area contributed by atoms with Crippen LogP contribution in [-0.2, 0) is 40.3 Å². The zero-order valence-corrected chi connectivity index (χ0v) is 33.3. The van der Waals surface area contributed by atoms with Crippen LogP contribution in [0.2, 0.25) is 0 Å². The minimum atomic E-state index is -0.549. The fourth-order valence-corrected chi connectivity index (χ4v) is 7.13. The number of amides is 1. The zero-order valence-electron chi connectivity index (χ0n) is 33.3. The maximum atomic E-state index is 12.1. The van der Waals surface area contributed by atoms with E-state index in [4.69, 9.17) is 29.2 Å². The number of aliphatic hydroxyl groups excluding tert-OH is 1. The van der Waals surface area contributed by atoms with Gasteiger partial charge in [-0.25, -0.2) is 9.48 Å². The molecule has 1 atom stereocenters. The molecule has 1 amide bonds. The van der Waals surface area contributed by atoms with Crippen LogP contribution in [0.4, 0.5) is 4.79 Å². The van der Waals surface area contributed by atoms with Crippen molar-refractivity contribution in [1.29, 1.82) is 0 Å². The topological polar surface area (TPSA) is 139 Å². The molecule has 2 aliphatic heterocycles. The van der Waals surface area contributed by atoms with Crippen molar-refractivity contribution in [2.75, 3.05) is 33.0 Å². The summed E-state index contributed by atoms with van der Waals surface area (Å²) < 4.78 is 28.0. The van der Waals surface area contributed by atoms with E-state index in [1.54, 1.807) is 28.9 Å². The van der Waals surface area contributed by atoms with Gasteiger partial charge >= 0.3 is 6.09 Å². The van der Waals surface area contributed by atoms with Crippen molar-refractivity contribution in [3.8, 4) is 51.9 Å². The van der Waals surface area contributed by atoms with Gasteiger partial charge in [0.25, 0.3) is 0 Å². The predicted octanol–water partition coefficient (Wildman–Crippen LogP) is 5.10. The molecule has 300 valence electrons. The minimum Gasteiger partial charge on any atom is -0.410 e. The Balaban J connectivity index is 0.988. The maximum absolute atomic E-state index is 12.1. The molecule has 0 spiro atoms. The fourth-order valence-electron chi connectivity index (χ4n) is 7.13. The van der Waals surface area contributed by atoms with E-state index in [0.717, 1.165) is 77.1 Å². The van der Waals surface area contributed by atoms with Crippen LogP contribution in [0.3, 0.4) is 0 Å². The van der Waals surface area contributed by atoms with E-state index in [1.165, 1.54) is 0 Å². The summed E-state index contributed by atoms with van der Waals surface area (Å²) in [5.41, 5.74) is 7.15. The van der Waals surface area contributed by atoms with Crippen molar-refractivity contribution in [2.45, 2.75) is 78.5 Å². The molecule has 0 bridgehead atoms. The summed E-state index contributed by atoms with van der Waals surface area (Å²) in [6.45, 7) is 9.73. The number of nitrogens with zero attached hydrogens (tertiary/aromatic N) is 6. The SMILES string of the molecule is CCc1cc(C#CCO)ccc1-c1cn(CC2OCC(C)(Cn3nc(-c4ccc(C#CCNC(=O)Oc5ccccc5)cc4C)c[n+]3CC3CCCCO3)CO2)nn1. The standard InChI is InChI=1S/C45H49N7O6/c1-4-36-25-35(13-11-22-53)18-20-40(36)41-27-50(49-47-41)29-43-56-31-45(3,32-57-43)30-52-48-42(28-51(52)26-38-16-8-9-23-55-38)39-19-17-34(24-33(39)2)12-10-21-46-44(54)58-37-14-6-5-7-15-37/h5-7,14-15,17-20,24-25,27-28,38,43,53H,4,8-9,16,21-23,26,29-32H2,1-3H3/p+1. The average molecular weight is 785 g/mol. The van der Waals surface area contributed by atoms with Gasteiger partial charge in [-0.15, -0.1) is 5.10 Å². The third-order valence-corrected chi connectivity index (χ3v) is 10.2. The molecular formula is C45H50N7O6+. The number of aromatic nitrogens is 6. The van der Waals surface area contributed by atoms with Crippen molar-refractivity contribution in [3.05, 3.63) is 101 Å². The molecule has 13 heteroatoms. The Morgan fingerprint density at radius 3 is 2.52 bits per heavy atom. The van der Waals surface area contributed by atoms with E-state index in [9.17, 15) is 4.79 Å². The zero-order chi connectivity index (χ0) is 40.3. The van der Waals surface area contributed by atoms with E-state index in [0.29, 0.717) is 38.6 Å². The highest BCUT2D eigenvalue weighted by molar-refractivity contribution is 5.70. The molecule has 5 aromatic rings. The molecule has 0 aliphatic carbocycles. The van der Waals surface area contributed by atoms with E-state index in [-0.39, 0.29) is 24.7 Å². The lowest BCUT2D eigenvalue weighted by Gasteiger charge is -2.36. The quantitative estimate of drug-likeness (QED) is 0.139. The van der Waals surface area contributed by atoms with Crippen LogP contribution in [-0.4, -0.2) is 81.5 Å². The van der Waals surface area contributed by atoms with Crippen LogP contribution >= 0.6 is 0 Å². The summed E-state index contributed by atoms with van der Waals surface area (Å²) in [5.74, 6) is 12.3. The molecule has 3 aromatic carbocycles. The number of aryl methyl sites for hydroxylation is 2. The monoisotopic (exact) mass is 784 g/mol. The lowest BCUT2D eigenvalue weighted by Crippen LogP contribution is -2.53. The van der Waals surface area contributed by atoms with Gasteiger partial charge in [0.15, 0.2) is 12.5 Å². The van der Waals surface area contributed by atoms with Gasteiger partial charge in [0.1, 0.15) is 31.1 Å². The third kappa shape index (κ3) is 10.6. The summed E-state index contributed by atoms with van der Waals surface area (Å²) in [4.78, 5) is 14.1. The number of aliphatic hydroxyl groups is 1. The normalized spacial score (nSPS) is 19.0. The van der Waals surface area contributed by atoms with Gasteiger partial charge in [-0.2, -0.15) is 4.68 Å². The Labute approximate surface area is 339 Å². The molecule has 13 nitrogen and oxygen atoms in total. The number of carbonyl (C=O) groups excluding carboxylic acids is 1. The summed E-state index contributed by atoms with van der Waals surface area (Å²) in [6.07, 6.45) is 7.19. The molecule has 2 saturated heterocycles. The number of hydrogen-bond acceptors (Lipinski definition) is 9. The molecule has 58 heavy (non-hydrogen) atoms. The van der Waals surface area contributed by atoms with E-state index in [1.807, 2.05) is 53.5 Å². The molecule has 0 saturated carbocycles. The Morgan fingerprint density at radius 1 is 1.00 bits per heavy atom. The van der Waals surface area contributed by atoms with Crippen molar-refractivity contribution in [1.82, 2.24) is 30.2 Å². The molecule has 1 unspecified atom stereocenters. The van der Waals surface area contributed by atoms with Gasteiger partial charge in [-0.1, -0.05) is 67.0 Å². The first kappa shape index (κ1) is 40.4. The first-order valence-electron chi connectivity index (χ1n) is 19.8. The van der Waals surface area contributed by atoms with Crippen LogP contribution in [0, 0.1) is 36.0 Å². The number of benzene rings is 3. The van der Waals surface area contributed by atoms with E-state index < -0.39 is 12.4 Å². The number of ether oxygens (including phenoxy) is 4. The van der Waals surface area contributed by atoms with E-state index >= 15 is 0 Å². The summed E-state index contributed by atoms with van der Waals surface area (Å²) in [5, 5.41) is 25.7. The number of carbonyl (C=O) groups is 1. The van der Waals surface area contributed by atoms with Crippen LogP contribution in [0.5, 0.6) is 5.75 Å². The maximum Gasteiger partial charge on any atom is 0.413 e. The van der Waals surface area contributed by atoms with Crippen LogP contribution in [0.15, 0.2) is 79.1 Å². The lowest BCUT2D eigenvalue weighted by atomic mass is 9.92. The Kier molecular flexibility index (Phi) is 13.3. The molecule has 2 aliphatic rings. The van der Waals surface area contributed by atoms with Crippen LogP contribution < -0.4 is 14.7 Å². The van der Waals surface area contributed by atoms with Crippen molar-refractivity contribution >= 4 is 6.09 Å². The van der Waals surface area contributed by atoms with E-state index in [2.05, 4.69) is 71.0 Å². The van der Waals surface area contributed by atoms with Gasteiger partial charge < -0.3 is 29.4 Å². The second-order valence-corrected chi connectivity index (χ2v) is 15.0. The summed E-state index contributed by atoms with van der Waals surface area (Å²) >= 11 is 0. The average Bonchev–Trinajstić information content (AvgIpc) is 3.86. The minimum absolute atomic E-state index is 0.120. The number of rotatable bonds is 11. The first-order valence-corrected chi connectivity index (χ1v) is 19.8. The Bertz CT molecular complexity index is 2300. The molecule has 2 fully saturated rings. The Morgan fingerprint density at radius 2 is 1.78 bits per heavy atom. The smallest absolute Gasteiger partial charge is 0.410 e. The highest BCUT2D eigenvalue weighted by atomic mass is 16.7. The number of nitrogens with one attached hydrogen (secondary N) is 1. The second kappa shape index (κ2) is 19.1. The lowest BCUT2D eigenvalue weighted by molar-refractivity contribution is -0.786. The van der Waals surface area contributed by atoms with Gasteiger partial charge in [0, 0.05) is 39.4 Å². The summed E-state index contributed by atoms with van der Waals surface area (Å²) in [6, 6.07) is 20.9. The molecule has 2 aromatic heterocycles. The highest BCUT2D eigenvalue weighted by Gasteiger charge is 2.37. The number of para-hydroxylation sites is 1. The van der Waals surface area contributed by atoms with Gasteiger partial charge in [0.05, 0.1) is 38.6 Å². The largest absolute Gasteiger partial charge is 0.413 e. The molecule has 7 rings (SSSR count). The van der Waals surface area contributed by atoms with Crippen molar-refractivity contribution in [3.63, 3.8) is 0 Å². The van der Waals surface area contributed by atoms with Crippen LogP contribution in [0.1, 0.15) is 55.4 Å². The summed E-state index contributed by atoms with van der Waals surface area (Å²) in [7, 11) is 0. The van der Waals surface area contributed by atoms with Crippen molar-refractivity contribution < 1.29 is 33.5 Å². The fraction of sp³-hybridized carbons (Fsp3) is 0.400. The predicted molar refractivity (Wildman–Crippen MR) is 216 cm³/mol. The van der Waals surface area contributed by atoms with Crippen molar-refractivity contribution in [2.24, 2.45) is 5.41 Å². The third-order valence-electron chi connectivity index (χ3n) is 10.2. The highest BCUT2D eigenvalue weighted by Crippen LogP contribution is 2.29. The first-order chi connectivity index (χ1) is 28.3. The molecular weight excluding hydrogens is 735 g/mol. The Hall–Kier alpha value is -5.83. The molecule has 4 heterocycles. The van der Waals surface area contributed by atoms with Gasteiger partial charge in [-0.3, -0.25) is 0 Å². The van der Waals surface area contributed by atoms with Gasteiger partial charge in [0.2, 0.25) is 5.69 Å². The molecule has 0 radical (unpaired) electrons. The molecule has 2 N–H and O–H groups in total.